The van der Waals surface area contributed by atoms with Crippen molar-refractivity contribution >= 4 is 45.2 Å². The molecule has 1 saturated carbocycles. The zero-order chi connectivity index (χ0) is 23.1. The zero-order valence-corrected chi connectivity index (χ0v) is 20.1. The van der Waals surface area contributed by atoms with Crippen LogP contribution in [0.4, 0.5) is 17.5 Å². The summed E-state index contributed by atoms with van der Waals surface area (Å²) in [4.78, 5) is 32.6. The van der Waals surface area contributed by atoms with Gasteiger partial charge < -0.3 is 26.0 Å². The summed E-state index contributed by atoms with van der Waals surface area (Å²) >= 11 is 3.51. The minimum absolute atomic E-state index is 0.0315. The Bertz CT molecular complexity index is 971. The molecule has 9 nitrogen and oxygen atoms in total. The first kappa shape index (κ1) is 23.8. The molecule has 2 atom stereocenters. The Hall–Kier alpha value is -2.88. The number of halogens is 1. The summed E-state index contributed by atoms with van der Waals surface area (Å²) < 4.78 is 6.18. The molecule has 0 aliphatic heterocycles. The quantitative estimate of drug-likeness (QED) is 0.433. The lowest BCUT2D eigenvalue weighted by molar-refractivity contribution is -0.119. The van der Waals surface area contributed by atoms with E-state index in [0.717, 1.165) is 30.2 Å². The molecule has 0 saturated heterocycles. The smallest absolute Gasteiger partial charge is 0.251 e. The molecule has 1 aromatic heterocycles. The van der Waals surface area contributed by atoms with Gasteiger partial charge in [-0.05, 0) is 53.9 Å². The number of hydrogen-bond acceptors (Lipinski definition) is 7. The molecule has 2 unspecified atom stereocenters. The number of carbonyl (C=O) groups is 2. The highest BCUT2D eigenvalue weighted by Gasteiger charge is 2.26. The highest BCUT2D eigenvalue weighted by Crippen LogP contribution is 2.30. The Balaban J connectivity index is 1.78. The summed E-state index contributed by atoms with van der Waals surface area (Å²) in [6, 6.07) is 5.29. The molecule has 3 rings (SSSR count). The van der Waals surface area contributed by atoms with Crippen molar-refractivity contribution in [3.63, 3.8) is 0 Å². The molecule has 2 aromatic rings. The van der Waals surface area contributed by atoms with Gasteiger partial charge >= 0.3 is 0 Å². The van der Waals surface area contributed by atoms with Crippen LogP contribution in [0.3, 0.4) is 0 Å². The van der Waals surface area contributed by atoms with Crippen molar-refractivity contribution in [3.8, 4) is 5.75 Å². The molecule has 0 radical (unpaired) electrons. The second-order valence-electron chi connectivity index (χ2n) is 7.63. The van der Waals surface area contributed by atoms with Crippen LogP contribution in [0.2, 0.25) is 0 Å². The second-order valence-corrected chi connectivity index (χ2v) is 8.49. The summed E-state index contributed by atoms with van der Waals surface area (Å²) in [5, 5.41) is 12.4. The molecule has 10 heteroatoms. The molecule has 172 valence electrons. The van der Waals surface area contributed by atoms with E-state index < -0.39 is 0 Å². The predicted octanol–water partition coefficient (Wildman–Crippen LogP) is 3.60. The van der Waals surface area contributed by atoms with Gasteiger partial charge in [-0.2, -0.15) is 4.98 Å². The SMILES string of the molecule is CCNC(=O)c1ccc(Nc2ncc(Br)c(NC3CCCCC3NC(C)=O)n2)c(OC)c1. The highest BCUT2D eigenvalue weighted by atomic mass is 79.9. The van der Waals surface area contributed by atoms with Crippen molar-refractivity contribution in [2.45, 2.75) is 51.6 Å². The summed E-state index contributed by atoms with van der Waals surface area (Å²) in [5.41, 5.74) is 1.15. The van der Waals surface area contributed by atoms with Crippen molar-refractivity contribution in [1.82, 2.24) is 20.6 Å². The number of methoxy groups -OCH3 is 1. The fourth-order valence-corrected chi connectivity index (χ4v) is 4.07. The van der Waals surface area contributed by atoms with Crippen LogP contribution in [0.5, 0.6) is 5.75 Å². The predicted molar refractivity (Wildman–Crippen MR) is 127 cm³/mol. The molecule has 2 amide bonds. The van der Waals surface area contributed by atoms with Gasteiger partial charge in [0.1, 0.15) is 11.6 Å². The van der Waals surface area contributed by atoms with Gasteiger partial charge in [0.2, 0.25) is 11.9 Å². The molecule has 0 bridgehead atoms. The lowest BCUT2D eigenvalue weighted by Crippen LogP contribution is -2.48. The van der Waals surface area contributed by atoms with Crippen LogP contribution >= 0.6 is 15.9 Å². The average molecular weight is 505 g/mol. The van der Waals surface area contributed by atoms with Crippen molar-refractivity contribution in [2.24, 2.45) is 0 Å². The van der Waals surface area contributed by atoms with Gasteiger partial charge in [-0.3, -0.25) is 9.59 Å². The third kappa shape index (κ3) is 6.09. The Morgan fingerprint density at radius 2 is 1.97 bits per heavy atom. The van der Waals surface area contributed by atoms with Gasteiger partial charge in [0.25, 0.3) is 5.91 Å². The first-order chi connectivity index (χ1) is 15.4. The van der Waals surface area contributed by atoms with E-state index in [2.05, 4.69) is 47.2 Å². The number of ether oxygens (including phenoxy) is 1. The molecule has 1 aliphatic carbocycles. The maximum Gasteiger partial charge on any atom is 0.251 e. The third-order valence-electron chi connectivity index (χ3n) is 5.27. The molecule has 1 heterocycles. The summed E-state index contributed by atoms with van der Waals surface area (Å²) in [6.45, 7) is 3.96. The van der Waals surface area contributed by atoms with Crippen molar-refractivity contribution in [1.29, 1.82) is 0 Å². The van der Waals surface area contributed by atoms with Crippen LogP contribution in [0.25, 0.3) is 0 Å². The van der Waals surface area contributed by atoms with Gasteiger partial charge in [0.15, 0.2) is 0 Å². The maximum atomic E-state index is 12.1. The lowest BCUT2D eigenvalue weighted by atomic mass is 9.90. The summed E-state index contributed by atoms with van der Waals surface area (Å²) in [7, 11) is 1.54. The van der Waals surface area contributed by atoms with Crippen molar-refractivity contribution < 1.29 is 14.3 Å². The van der Waals surface area contributed by atoms with Crippen molar-refractivity contribution in [2.75, 3.05) is 24.3 Å². The van der Waals surface area contributed by atoms with E-state index >= 15 is 0 Å². The molecule has 4 N–H and O–H groups in total. The van der Waals surface area contributed by atoms with E-state index in [1.54, 1.807) is 38.4 Å². The molecular weight excluding hydrogens is 476 g/mol. The average Bonchev–Trinajstić information content (AvgIpc) is 2.77. The molecule has 1 fully saturated rings. The number of aromatic nitrogens is 2. The van der Waals surface area contributed by atoms with E-state index in [0.29, 0.717) is 35.3 Å². The molecule has 32 heavy (non-hydrogen) atoms. The van der Waals surface area contributed by atoms with Crippen LogP contribution in [0.15, 0.2) is 28.9 Å². The van der Waals surface area contributed by atoms with E-state index in [9.17, 15) is 9.59 Å². The number of hydrogen-bond donors (Lipinski definition) is 4. The maximum absolute atomic E-state index is 12.1. The second kappa shape index (κ2) is 11.1. The van der Waals surface area contributed by atoms with Gasteiger partial charge in [0, 0.05) is 37.3 Å². The minimum Gasteiger partial charge on any atom is -0.495 e. The lowest BCUT2D eigenvalue weighted by Gasteiger charge is -2.33. The minimum atomic E-state index is -0.162. The van der Waals surface area contributed by atoms with E-state index in [-0.39, 0.29) is 23.9 Å². The van der Waals surface area contributed by atoms with Gasteiger partial charge in [0.05, 0.1) is 17.3 Å². The fraction of sp³-hybridized carbons (Fsp3) is 0.455. The molecular formula is C22H29BrN6O3. The number of nitrogens with one attached hydrogen (secondary N) is 4. The Morgan fingerprint density at radius 3 is 2.66 bits per heavy atom. The monoisotopic (exact) mass is 504 g/mol. The molecule has 1 aromatic carbocycles. The Labute approximate surface area is 196 Å². The first-order valence-corrected chi connectivity index (χ1v) is 11.5. The summed E-state index contributed by atoms with van der Waals surface area (Å²) in [6.07, 6.45) is 5.73. The van der Waals surface area contributed by atoms with E-state index in [4.69, 9.17) is 4.74 Å². The largest absolute Gasteiger partial charge is 0.495 e. The van der Waals surface area contributed by atoms with Crippen LogP contribution in [0.1, 0.15) is 49.9 Å². The van der Waals surface area contributed by atoms with Crippen LogP contribution in [-0.4, -0.2) is 47.5 Å². The van der Waals surface area contributed by atoms with Crippen molar-refractivity contribution in [3.05, 3.63) is 34.4 Å². The Morgan fingerprint density at radius 1 is 1.22 bits per heavy atom. The van der Waals surface area contributed by atoms with Crippen LogP contribution in [-0.2, 0) is 4.79 Å². The standard InChI is InChI=1S/C22H29BrN6O3/c1-4-24-21(31)14-9-10-18(19(11-14)32-3)28-22-25-12-15(23)20(29-22)27-17-8-6-5-7-16(17)26-13(2)30/h9-12,16-17H,4-8H2,1-3H3,(H,24,31)(H,26,30)(H2,25,27,28,29). The van der Waals surface area contributed by atoms with Crippen LogP contribution < -0.4 is 26.0 Å². The number of benzene rings is 1. The summed E-state index contributed by atoms with van der Waals surface area (Å²) in [5.74, 6) is 1.34. The highest BCUT2D eigenvalue weighted by molar-refractivity contribution is 9.10. The van der Waals surface area contributed by atoms with Crippen LogP contribution in [0, 0.1) is 0 Å². The normalized spacial score (nSPS) is 17.9. The van der Waals surface area contributed by atoms with Gasteiger partial charge in [-0.1, -0.05) is 12.8 Å². The Kier molecular flexibility index (Phi) is 8.26. The van der Waals surface area contributed by atoms with E-state index in [1.807, 2.05) is 6.92 Å². The molecule has 0 spiro atoms. The van der Waals surface area contributed by atoms with Gasteiger partial charge in [-0.15, -0.1) is 0 Å². The fourth-order valence-electron chi connectivity index (χ4n) is 3.76. The number of nitrogens with zero attached hydrogens (tertiary/aromatic N) is 2. The zero-order valence-electron chi connectivity index (χ0n) is 18.5. The van der Waals surface area contributed by atoms with E-state index in [1.165, 1.54) is 0 Å². The topological polar surface area (TPSA) is 117 Å². The van der Waals surface area contributed by atoms with Gasteiger partial charge in [-0.25, -0.2) is 4.98 Å². The number of carbonyl (C=O) groups excluding carboxylic acids is 2. The third-order valence-corrected chi connectivity index (χ3v) is 5.85. The number of rotatable bonds is 8. The number of anilines is 3. The molecule has 1 aliphatic rings. The first-order valence-electron chi connectivity index (χ1n) is 10.7. The number of amides is 2.